The van der Waals surface area contributed by atoms with Crippen LogP contribution in [0.3, 0.4) is 0 Å². The molecule has 0 atom stereocenters. The second-order valence-corrected chi connectivity index (χ2v) is 8.43. The van der Waals surface area contributed by atoms with E-state index in [1.165, 1.54) is 37.8 Å². The Bertz CT molecular complexity index is 524. The molecule has 1 aromatic carbocycles. The van der Waals surface area contributed by atoms with Crippen molar-refractivity contribution in [1.29, 1.82) is 0 Å². The lowest BCUT2D eigenvalue weighted by atomic mass is 10.1. The van der Waals surface area contributed by atoms with Crippen LogP contribution >= 0.6 is 11.6 Å². The molecule has 0 spiro atoms. The molecule has 0 N–H and O–H groups in total. The van der Waals surface area contributed by atoms with Crippen LogP contribution in [0.2, 0.25) is 6.04 Å². The highest BCUT2D eigenvalue weighted by atomic mass is 35.5. The van der Waals surface area contributed by atoms with E-state index in [0.717, 1.165) is 42.4 Å². The van der Waals surface area contributed by atoms with Gasteiger partial charge in [-0.3, -0.25) is 0 Å². The monoisotopic (exact) mass is 388 g/mol. The second kappa shape index (κ2) is 13.2. The van der Waals surface area contributed by atoms with Gasteiger partial charge in [0.05, 0.1) is 15.1 Å². The third-order valence-corrected chi connectivity index (χ3v) is 5.87. The summed E-state index contributed by atoms with van der Waals surface area (Å²) >= 11 is 5.63. The number of hydrogen-bond acceptors (Lipinski definition) is 0. The van der Waals surface area contributed by atoms with Gasteiger partial charge < -0.3 is 0 Å². The van der Waals surface area contributed by atoms with Crippen LogP contribution in [0.5, 0.6) is 0 Å². The Hall–Kier alpha value is -1.00. The van der Waals surface area contributed by atoms with Crippen molar-refractivity contribution in [3.63, 3.8) is 0 Å². The zero-order valence-corrected chi connectivity index (χ0v) is 16.9. The molecule has 5 heteroatoms. The van der Waals surface area contributed by atoms with Crippen molar-refractivity contribution in [3.8, 4) is 0 Å². The van der Waals surface area contributed by atoms with Gasteiger partial charge in [-0.15, -0.1) is 11.6 Å². The summed E-state index contributed by atoms with van der Waals surface area (Å²) in [7, 11) is -0.669. The van der Waals surface area contributed by atoms with Crippen LogP contribution < -0.4 is 5.19 Å². The molecule has 0 amide bonds. The van der Waals surface area contributed by atoms with Crippen molar-refractivity contribution in [1.82, 2.24) is 0 Å². The first-order valence-electron chi connectivity index (χ1n) is 9.06. The predicted octanol–water partition coefficient (Wildman–Crippen LogP) is 6.00. The third-order valence-electron chi connectivity index (χ3n) is 3.96. The van der Waals surface area contributed by atoms with Gasteiger partial charge in [0.15, 0.2) is 0 Å². The van der Waals surface area contributed by atoms with Gasteiger partial charge in [0.25, 0.3) is 0 Å². The molecular weight excluding hydrogens is 361 g/mol. The highest BCUT2D eigenvalue weighted by Crippen LogP contribution is 2.28. The first kappa shape index (κ1) is 22.0. The number of allylic oxidation sites excluding steroid dienone is 4. The summed E-state index contributed by atoms with van der Waals surface area (Å²) in [6.45, 7) is 0. The number of rotatable bonds is 12. The van der Waals surface area contributed by atoms with Crippen molar-refractivity contribution in [2.45, 2.75) is 57.2 Å². The zero-order chi connectivity index (χ0) is 18.4. The van der Waals surface area contributed by atoms with Gasteiger partial charge >= 0.3 is 6.18 Å². The minimum atomic E-state index is -4.24. The quantitative estimate of drug-likeness (QED) is 0.178. The lowest BCUT2D eigenvalue weighted by Crippen LogP contribution is -2.16. The smallest absolute Gasteiger partial charge is 0.166 e. The van der Waals surface area contributed by atoms with Crippen LogP contribution in [0.15, 0.2) is 48.6 Å². The van der Waals surface area contributed by atoms with Crippen LogP contribution in [0.25, 0.3) is 0 Å². The fourth-order valence-electron chi connectivity index (χ4n) is 2.55. The van der Waals surface area contributed by atoms with E-state index in [1.54, 1.807) is 0 Å². The minimum Gasteiger partial charge on any atom is -0.166 e. The van der Waals surface area contributed by atoms with Crippen molar-refractivity contribution in [2.75, 3.05) is 5.88 Å². The lowest BCUT2D eigenvalue weighted by molar-refractivity contribution is -0.137. The van der Waals surface area contributed by atoms with Gasteiger partial charge in [0.2, 0.25) is 0 Å². The van der Waals surface area contributed by atoms with E-state index in [1.807, 2.05) is 6.07 Å². The molecule has 25 heavy (non-hydrogen) atoms. The number of hydrogen-bond donors (Lipinski definition) is 0. The van der Waals surface area contributed by atoms with E-state index in [-0.39, 0.29) is 0 Å². The van der Waals surface area contributed by atoms with Crippen molar-refractivity contribution >= 4 is 26.3 Å². The Morgan fingerprint density at radius 1 is 0.920 bits per heavy atom. The molecule has 0 radical (unpaired) electrons. The normalized spacial score (nSPS) is 13.0. The number of benzene rings is 1. The van der Waals surface area contributed by atoms with Gasteiger partial charge in [-0.25, -0.2) is 0 Å². The third kappa shape index (κ3) is 11.3. The molecule has 0 aliphatic carbocycles. The van der Waals surface area contributed by atoms with Gasteiger partial charge in [0.1, 0.15) is 0 Å². The first-order chi connectivity index (χ1) is 12.0. The van der Waals surface area contributed by atoms with Crippen LogP contribution in [0.4, 0.5) is 13.2 Å². The SMILES string of the molecule is FC(F)(F)c1cccc([SiH2]CC=CCC=CCCCCCCCCl)c1. The molecule has 0 aromatic heterocycles. The number of unbranched alkanes of at least 4 members (excludes halogenated alkanes) is 5. The molecule has 0 aliphatic rings. The van der Waals surface area contributed by atoms with E-state index in [0.29, 0.717) is 0 Å². The van der Waals surface area contributed by atoms with Gasteiger partial charge in [-0.05, 0) is 31.7 Å². The Morgan fingerprint density at radius 3 is 2.40 bits per heavy atom. The Morgan fingerprint density at radius 2 is 1.64 bits per heavy atom. The standard InChI is InChI=1S/C20H28ClF3Si/c21-15-10-8-6-4-2-1-3-5-7-9-11-16-25-19-14-12-13-18(17-19)20(22,23)24/h3,5,9,11-14,17H,1-2,4,6-8,10,15-16,25H2. The zero-order valence-electron chi connectivity index (χ0n) is 14.7. The van der Waals surface area contributed by atoms with Crippen LogP contribution in [-0.2, 0) is 6.18 Å². The maximum absolute atomic E-state index is 12.7. The molecule has 0 heterocycles. The molecule has 140 valence electrons. The van der Waals surface area contributed by atoms with E-state index < -0.39 is 21.3 Å². The molecule has 1 aromatic rings. The van der Waals surface area contributed by atoms with Crippen LogP contribution in [-0.4, -0.2) is 15.4 Å². The minimum absolute atomic E-state index is 0.535. The first-order valence-corrected chi connectivity index (χ1v) is 11.3. The summed E-state index contributed by atoms with van der Waals surface area (Å²) < 4.78 is 38.0. The van der Waals surface area contributed by atoms with E-state index >= 15 is 0 Å². The summed E-state index contributed by atoms with van der Waals surface area (Å²) in [6, 6.07) is 6.65. The van der Waals surface area contributed by atoms with Crippen molar-refractivity contribution < 1.29 is 13.2 Å². The van der Waals surface area contributed by atoms with Crippen molar-refractivity contribution in [3.05, 3.63) is 54.1 Å². The molecule has 0 saturated heterocycles. The molecular formula is C20H28ClF3Si. The summed E-state index contributed by atoms with van der Waals surface area (Å²) in [5.74, 6) is 0.767. The maximum atomic E-state index is 12.7. The maximum Gasteiger partial charge on any atom is 0.416 e. The van der Waals surface area contributed by atoms with Gasteiger partial charge in [-0.2, -0.15) is 13.2 Å². The topological polar surface area (TPSA) is 0 Å². The lowest BCUT2D eigenvalue weighted by Gasteiger charge is -2.07. The molecule has 1 rings (SSSR count). The second-order valence-electron chi connectivity index (χ2n) is 6.16. The summed E-state index contributed by atoms with van der Waals surface area (Å²) in [6.07, 6.45) is 12.5. The fourth-order valence-corrected chi connectivity index (χ4v) is 4.14. The molecule has 0 aliphatic heterocycles. The molecule has 0 fully saturated rings. The Kier molecular flexibility index (Phi) is 11.7. The molecule has 0 unspecified atom stereocenters. The molecule has 0 nitrogen and oxygen atoms in total. The summed E-state index contributed by atoms with van der Waals surface area (Å²) in [5, 5.41) is 0.865. The summed E-state index contributed by atoms with van der Waals surface area (Å²) in [4.78, 5) is 0. The van der Waals surface area contributed by atoms with E-state index in [9.17, 15) is 13.2 Å². The van der Waals surface area contributed by atoms with E-state index in [4.69, 9.17) is 11.6 Å². The van der Waals surface area contributed by atoms with Gasteiger partial charge in [-0.1, -0.05) is 73.0 Å². The average Bonchev–Trinajstić information content (AvgIpc) is 2.58. The highest BCUT2D eigenvalue weighted by molar-refractivity contribution is 6.53. The van der Waals surface area contributed by atoms with Gasteiger partial charge in [0, 0.05) is 5.88 Å². The molecule has 0 bridgehead atoms. The molecule has 0 saturated carbocycles. The predicted molar refractivity (Wildman–Crippen MR) is 106 cm³/mol. The Labute approximate surface area is 157 Å². The van der Waals surface area contributed by atoms with E-state index in [2.05, 4.69) is 24.3 Å². The van der Waals surface area contributed by atoms with Crippen LogP contribution in [0.1, 0.15) is 50.5 Å². The fraction of sp³-hybridized carbons (Fsp3) is 0.500. The highest BCUT2D eigenvalue weighted by Gasteiger charge is 2.30. The number of alkyl halides is 4. The number of halogens is 4. The van der Waals surface area contributed by atoms with Crippen molar-refractivity contribution in [2.24, 2.45) is 0 Å². The van der Waals surface area contributed by atoms with Crippen LogP contribution in [0, 0.1) is 0 Å². The largest absolute Gasteiger partial charge is 0.416 e. The average molecular weight is 389 g/mol. The Balaban J connectivity index is 2.11. The summed E-state index contributed by atoms with van der Waals surface area (Å²) in [5.41, 5.74) is -0.535.